The molecule has 0 bridgehead atoms. The molecule has 0 saturated carbocycles. The number of nitrogens with one attached hydrogen (secondary N) is 1. The highest BCUT2D eigenvalue weighted by atomic mass is 35.5. The lowest BCUT2D eigenvalue weighted by Gasteiger charge is -2.12. The number of rotatable bonds is 6. The van der Waals surface area contributed by atoms with Crippen molar-refractivity contribution in [2.45, 2.75) is 19.3 Å². The summed E-state index contributed by atoms with van der Waals surface area (Å²) >= 11 is 5.77. The van der Waals surface area contributed by atoms with Gasteiger partial charge in [-0.15, -0.1) is 0 Å². The molecule has 25 heavy (non-hydrogen) atoms. The molecular formula is C18H18ClN3O3. The number of carbonyl (C=O) groups is 1. The van der Waals surface area contributed by atoms with E-state index < -0.39 is 0 Å². The number of hydrogen-bond acceptors (Lipinski definition) is 5. The van der Waals surface area contributed by atoms with Crippen molar-refractivity contribution in [2.75, 3.05) is 12.3 Å². The zero-order valence-electron chi connectivity index (χ0n) is 13.7. The summed E-state index contributed by atoms with van der Waals surface area (Å²) in [5, 5.41) is 6.84. The molecule has 3 N–H and O–H groups in total. The van der Waals surface area contributed by atoms with Gasteiger partial charge in [0.1, 0.15) is 5.56 Å². The van der Waals surface area contributed by atoms with Crippen molar-refractivity contribution in [1.29, 1.82) is 0 Å². The van der Waals surface area contributed by atoms with E-state index in [4.69, 9.17) is 26.3 Å². The van der Waals surface area contributed by atoms with E-state index in [0.29, 0.717) is 18.2 Å². The second-order valence-electron chi connectivity index (χ2n) is 5.73. The topological polar surface area (TPSA) is 94.3 Å². The number of halogens is 1. The zero-order chi connectivity index (χ0) is 17.8. The number of nitrogens with zero attached hydrogens (tertiary/aromatic N) is 1. The van der Waals surface area contributed by atoms with E-state index in [-0.39, 0.29) is 28.3 Å². The maximum atomic E-state index is 12.5. The van der Waals surface area contributed by atoms with Gasteiger partial charge in [0.05, 0.1) is 0 Å². The Morgan fingerprint density at radius 1 is 1.28 bits per heavy atom. The molecular weight excluding hydrogens is 342 g/mol. The van der Waals surface area contributed by atoms with E-state index in [0.717, 1.165) is 6.42 Å². The first-order chi connectivity index (χ1) is 12.1. The Morgan fingerprint density at radius 3 is 2.72 bits per heavy atom. The summed E-state index contributed by atoms with van der Waals surface area (Å²) in [6.07, 6.45) is 0.794. The van der Waals surface area contributed by atoms with Crippen molar-refractivity contribution in [3.8, 4) is 11.5 Å². The van der Waals surface area contributed by atoms with Crippen LogP contribution < -0.4 is 11.1 Å². The van der Waals surface area contributed by atoms with E-state index in [9.17, 15) is 4.79 Å². The molecule has 1 amide bonds. The highest BCUT2D eigenvalue weighted by molar-refractivity contribution is 6.29. The summed E-state index contributed by atoms with van der Waals surface area (Å²) in [5.74, 6) is 0.232. The average Bonchev–Trinajstić information content (AvgIpc) is 3.21. The molecule has 0 aliphatic rings. The molecule has 0 radical (unpaired) electrons. The summed E-state index contributed by atoms with van der Waals surface area (Å²) < 4.78 is 10.2. The first-order valence-electron chi connectivity index (χ1n) is 7.90. The Hall–Kier alpha value is -2.73. The van der Waals surface area contributed by atoms with E-state index in [1.54, 1.807) is 12.1 Å². The maximum Gasteiger partial charge on any atom is 0.259 e. The molecule has 0 spiro atoms. The number of aromatic nitrogens is 1. The number of amides is 1. The molecule has 0 fully saturated rings. The fourth-order valence-electron chi connectivity index (χ4n) is 2.57. The number of nitrogen functional groups attached to an aromatic ring is 1. The van der Waals surface area contributed by atoms with Crippen LogP contribution in [0.2, 0.25) is 5.22 Å². The average molecular weight is 360 g/mol. The van der Waals surface area contributed by atoms with Crippen LogP contribution in [0, 0.1) is 0 Å². The van der Waals surface area contributed by atoms with Crippen LogP contribution in [0.25, 0.3) is 11.5 Å². The van der Waals surface area contributed by atoms with Crippen molar-refractivity contribution in [3.05, 3.63) is 58.8 Å². The summed E-state index contributed by atoms with van der Waals surface area (Å²) in [4.78, 5) is 12.5. The standard InChI is InChI=1S/C18H18ClN3O3/c1-11(12-5-3-2-4-6-12)9-10-21-18(23)15-16(22-25-17(15)20)13-7-8-14(19)24-13/h2-8,11H,9-10,20H2,1H3,(H,21,23). The lowest BCUT2D eigenvalue weighted by atomic mass is 9.98. The molecule has 0 aliphatic heterocycles. The number of carbonyl (C=O) groups excluding carboxylic acids is 1. The van der Waals surface area contributed by atoms with Gasteiger partial charge in [-0.3, -0.25) is 4.79 Å². The minimum absolute atomic E-state index is 0.0591. The highest BCUT2D eigenvalue weighted by Gasteiger charge is 2.24. The molecule has 0 saturated heterocycles. The number of anilines is 1. The van der Waals surface area contributed by atoms with Crippen molar-refractivity contribution in [2.24, 2.45) is 0 Å². The van der Waals surface area contributed by atoms with E-state index in [2.05, 4.69) is 29.5 Å². The van der Waals surface area contributed by atoms with E-state index in [1.807, 2.05) is 18.2 Å². The molecule has 0 aliphatic carbocycles. The molecule has 1 unspecified atom stereocenters. The minimum Gasteiger partial charge on any atom is -0.443 e. The van der Waals surface area contributed by atoms with Gasteiger partial charge in [0.25, 0.3) is 5.91 Å². The minimum atomic E-state index is -0.360. The normalized spacial score (nSPS) is 12.1. The van der Waals surface area contributed by atoms with Gasteiger partial charge in [0.2, 0.25) is 5.88 Å². The molecule has 2 aromatic heterocycles. The first-order valence-corrected chi connectivity index (χ1v) is 8.28. The van der Waals surface area contributed by atoms with Gasteiger partial charge in [0, 0.05) is 6.54 Å². The van der Waals surface area contributed by atoms with Crippen molar-refractivity contribution in [3.63, 3.8) is 0 Å². The van der Waals surface area contributed by atoms with Gasteiger partial charge in [0.15, 0.2) is 16.7 Å². The van der Waals surface area contributed by atoms with Crippen molar-refractivity contribution in [1.82, 2.24) is 10.5 Å². The molecule has 1 atom stereocenters. The van der Waals surface area contributed by atoms with Gasteiger partial charge >= 0.3 is 0 Å². The van der Waals surface area contributed by atoms with Crippen LogP contribution in [-0.4, -0.2) is 17.6 Å². The van der Waals surface area contributed by atoms with Crippen molar-refractivity contribution >= 4 is 23.4 Å². The lowest BCUT2D eigenvalue weighted by Crippen LogP contribution is -2.26. The Labute approximate surface area is 149 Å². The monoisotopic (exact) mass is 359 g/mol. The Bertz CT molecular complexity index is 858. The summed E-state index contributed by atoms with van der Waals surface area (Å²) in [6.45, 7) is 2.61. The van der Waals surface area contributed by atoms with E-state index in [1.165, 1.54) is 5.56 Å². The lowest BCUT2D eigenvalue weighted by molar-refractivity contribution is 0.0953. The molecule has 6 nitrogen and oxygen atoms in total. The quantitative estimate of drug-likeness (QED) is 0.691. The number of furan rings is 1. The van der Waals surface area contributed by atoms with Gasteiger partial charge in [-0.05, 0) is 41.6 Å². The molecule has 2 heterocycles. The van der Waals surface area contributed by atoms with Crippen LogP contribution in [0.3, 0.4) is 0 Å². The molecule has 7 heteroatoms. The second-order valence-corrected chi connectivity index (χ2v) is 6.10. The van der Waals surface area contributed by atoms with Crippen LogP contribution in [0.15, 0.2) is 51.4 Å². The fourth-order valence-corrected chi connectivity index (χ4v) is 2.72. The second kappa shape index (κ2) is 7.44. The van der Waals surface area contributed by atoms with E-state index >= 15 is 0 Å². The third kappa shape index (κ3) is 3.85. The Morgan fingerprint density at radius 2 is 2.04 bits per heavy atom. The SMILES string of the molecule is CC(CCNC(=O)c1c(-c2ccc(Cl)o2)noc1N)c1ccccc1. The summed E-state index contributed by atoms with van der Waals surface area (Å²) in [7, 11) is 0. The van der Waals surface area contributed by atoms with Gasteiger partial charge in [-0.25, -0.2) is 0 Å². The molecule has 1 aromatic carbocycles. The summed E-state index contributed by atoms with van der Waals surface area (Å²) in [5.41, 5.74) is 7.36. The van der Waals surface area contributed by atoms with Crippen LogP contribution >= 0.6 is 11.6 Å². The van der Waals surface area contributed by atoms with Gasteiger partial charge in [-0.2, -0.15) is 0 Å². The smallest absolute Gasteiger partial charge is 0.259 e. The van der Waals surface area contributed by atoms with Crippen LogP contribution in [0.5, 0.6) is 0 Å². The van der Waals surface area contributed by atoms with Gasteiger partial charge in [-0.1, -0.05) is 42.4 Å². The first kappa shape index (κ1) is 17.1. The third-order valence-corrected chi connectivity index (χ3v) is 4.19. The molecule has 3 aromatic rings. The highest BCUT2D eigenvalue weighted by Crippen LogP contribution is 2.30. The number of nitrogens with two attached hydrogens (primary N) is 1. The number of hydrogen-bond donors (Lipinski definition) is 2. The Kier molecular flexibility index (Phi) is 5.09. The fraction of sp³-hybridized carbons (Fsp3) is 0.222. The molecule has 3 rings (SSSR count). The van der Waals surface area contributed by atoms with Gasteiger partial charge < -0.3 is 20.0 Å². The van der Waals surface area contributed by atoms with Crippen LogP contribution in [0.1, 0.15) is 35.2 Å². The number of benzene rings is 1. The predicted molar refractivity (Wildman–Crippen MR) is 95.4 cm³/mol. The predicted octanol–water partition coefficient (Wildman–Crippen LogP) is 4.09. The molecule has 130 valence electrons. The van der Waals surface area contributed by atoms with Crippen LogP contribution in [-0.2, 0) is 0 Å². The zero-order valence-corrected chi connectivity index (χ0v) is 14.4. The van der Waals surface area contributed by atoms with Crippen LogP contribution in [0.4, 0.5) is 5.88 Å². The van der Waals surface area contributed by atoms with Crippen molar-refractivity contribution < 1.29 is 13.7 Å². The Balaban J connectivity index is 1.65. The third-order valence-electron chi connectivity index (χ3n) is 3.98. The largest absolute Gasteiger partial charge is 0.443 e. The summed E-state index contributed by atoms with van der Waals surface area (Å²) in [6, 6.07) is 13.3. The maximum absolute atomic E-state index is 12.5.